The van der Waals surface area contributed by atoms with Crippen molar-refractivity contribution < 1.29 is 19.2 Å². The lowest BCUT2D eigenvalue weighted by Crippen LogP contribution is -2.24. The van der Waals surface area contributed by atoms with Crippen molar-refractivity contribution in [2.45, 2.75) is 6.54 Å². The number of esters is 1. The van der Waals surface area contributed by atoms with Gasteiger partial charge in [-0.3, -0.25) is 14.9 Å². The summed E-state index contributed by atoms with van der Waals surface area (Å²) in [7, 11) is 1.28. The smallest absolute Gasteiger partial charge is 0.337 e. The molecule has 124 valence electrons. The minimum Gasteiger partial charge on any atom is -0.465 e. The molecule has 1 amide bonds. The molecule has 0 radical (unpaired) electrons. The molecule has 0 unspecified atom stereocenters. The summed E-state index contributed by atoms with van der Waals surface area (Å²) in [6.07, 6.45) is 0. The fraction of sp³-hybridized carbons (Fsp3) is 0.125. The zero-order valence-corrected chi connectivity index (χ0v) is 13.4. The molecule has 0 heterocycles. The summed E-state index contributed by atoms with van der Waals surface area (Å²) in [6.45, 7) is 0.128. The molecule has 2 aromatic carbocycles. The zero-order chi connectivity index (χ0) is 17.7. The van der Waals surface area contributed by atoms with E-state index in [4.69, 9.17) is 11.6 Å². The number of ether oxygens (including phenoxy) is 1. The van der Waals surface area contributed by atoms with E-state index < -0.39 is 16.8 Å². The molecule has 0 fully saturated rings. The molecular formula is C16H13ClN2O5. The number of nitrogens with zero attached hydrogens (tertiary/aromatic N) is 1. The predicted molar refractivity (Wildman–Crippen MR) is 87.1 cm³/mol. The van der Waals surface area contributed by atoms with E-state index in [-0.39, 0.29) is 22.8 Å². The molecule has 8 heteroatoms. The fourth-order valence-corrected chi connectivity index (χ4v) is 2.29. The van der Waals surface area contributed by atoms with E-state index in [1.54, 1.807) is 24.3 Å². The average Bonchev–Trinajstić information content (AvgIpc) is 2.59. The third kappa shape index (κ3) is 3.88. The van der Waals surface area contributed by atoms with Gasteiger partial charge in [-0.2, -0.15) is 0 Å². The van der Waals surface area contributed by atoms with Crippen molar-refractivity contribution in [1.82, 2.24) is 5.32 Å². The Morgan fingerprint density at radius 2 is 1.88 bits per heavy atom. The van der Waals surface area contributed by atoms with Crippen molar-refractivity contribution in [1.29, 1.82) is 0 Å². The van der Waals surface area contributed by atoms with Crippen LogP contribution in [0.2, 0.25) is 5.02 Å². The van der Waals surface area contributed by atoms with Gasteiger partial charge in [0.15, 0.2) is 0 Å². The molecule has 0 bridgehead atoms. The van der Waals surface area contributed by atoms with E-state index in [0.717, 1.165) is 0 Å². The normalized spacial score (nSPS) is 10.1. The van der Waals surface area contributed by atoms with Gasteiger partial charge in [0.2, 0.25) is 0 Å². The molecule has 0 saturated carbocycles. The maximum absolute atomic E-state index is 12.2. The summed E-state index contributed by atoms with van der Waals surface area (Å²) in [5.74, 6) is -1.11. The van der Waals surface area contributed by atoms with E-state index in [0.29, 0.717) is 11.1 Å². The number of carbonyl (C=O) groups excluding carboxylic acids is 2. The molecule has 0 atom stereocenters. The quantitative estimate of drug-likeness (QED) is 0.509. The molecule has 24 heavy (non-hydrogen) atoms. The first kappa shape index (κ1) is 17.4. The first-order valence-corrected chi connectivity index (χ1v) is 7.20. The molecular weight excluding hydrogens is 336 g/mol. The summed E-state index contributed by atoms with van der Waals surface area (Å²) in [5.41, 5.74) is 0.552. The van der Waals surface area contributed by atoms with Crippen LogP contribution in [0.15, 0.2) is 42.5 Å². The van der Waals surface area contributed by atoms with Crippen LogP contribution in [0.4, 0.5) is 5.69 Å². The van der Waals surface area contributed by atoms with Gasteiger partial charge in [-0.15, -0.1) is 0 Å². The van der Waals surface area contributed by atoms with Crippen LogP contribution in [-0.4, -0.2) is 23.9 Å². The number of halogens is 1. The summed E-state index contributed by atoms with van der Waals surface area (Å²) < 4.78 is 4.59. The van der Waals surface area contributed by atoms with E-state index in [2.05, 4.69) is 10.1 Å². The van der Waals surface area contributed by atoms with Crippen molar-refractivity contribution >= 4 is 29.2 Å². The number of rotatable bonds is 5. The van der Waals surface area contributed by atoms with Gasteiger partial charge in [-0.05, 0) is 23.8 Å². The minimum atomic E-state index is -0.661. The van der Waals surface area contributed by atoms with Gasteiger partial charge in [-0.25, -0.2) is 4.79 Å². The van der Waals surface area contributed by atoms with Crippen molar-refractivity contribution in [3.8, 4) is 0 Å². The molecule has 0 aliphatic heterocycles. The Kier molecular flexibility index (Phi) is 5.49. The molecule has 2 rings (SSSR count). The lowest BCUT2D eigenvalue weighted by Gasteiger charge is -2.08. The fourth-order valence-electron chi connectivity index (χ4n) is 2.04. The lowest BCUT2D eigenvalue weighted by molar-refractivity contribution is -0.385. The van der Waals surface area contributed by atoms with E-state index in [1.807, 2.05) is 0 Å². The average molecular weight is 349 g/mol. The zero-order valence-electron chi connectivity index (χ0n) is 12.6. The Morgan fingerprint density at radius 1 is 1.21 bits per heavy atom. The van der Waals surface area contributed by atoms with Crippen LogP contribution < -0.4 is 5.32 Å². The maximum atomic E-state index is 12.2. The van der Waals surface area contributed by atoms with Crippen molar-refractivity contribution in [3.05, 3.63) is 74.3 Å². The third-order valence-electron chi connectivity index (χ3n) is 3.24. The molecule has 0 aromatic heterocycles. The van der Waals surface area contributed by atoms with Crippen molar-refractivity contribution in [2.24, 2.45) is 0 Å². The Morgan fingerprint density at radius 3 is 2.46 bits per heavy atom. The Bertz CT molecular complexity index is 790. The monoisotopic (exact) mass is 348 g/mol. The Hall–Kier alpha value is -2.93. The Balaban J connectivity index is 2.11. The number of nitro benzene ring substituents is 1. The third-order valence-corrected chi connectivity index (χ3v) is 3.56. The largest absolute Gasteiger partial charge is 0.465 e. The molecule has 0 spiro atoms. The highest BCUT2D eigenvalue weighted by Gasteiger charge is 2.23. The van der Waals surface area contributed by atoms with Gasteiger partial charge in [0.25, 0.3) is 11.6 Å². The Labute approximate surface area is 142 Å². The van der Waals surface area contributed by atoms with Crippen LogP contribution in [-0.2, 0) is 11.3 Å². The second-order valence-electron chi connectivity index (χ2n) is 4.76. The van der Waals surface area contributed by atoms with Gasteiger partial charge in [-0.1, -0.05) is 29.8 Å². The summed E-state index contributed by atoms with van der Waals surface area (Å²) in [4.78, 5) is 33.9. The molecule has 0 aliphatic carbocycles. The highest BCUT2D eigenvalue weighted by molar-refractivity contribution is 6.34. The summed E-state index contributed by atoms with van der Waals surface area (Å²) in [5, 5.41) is 13.6. The van der Waals surface area contributed by atoms with E-state index in [1.165, 1.54) is 25.3 Å². The number of amides is 1. The van der Waals surface area contributed by atoms with Crippen LogP contribution >= 0.6 is 11.6 Å². The first-order chi connectivity index (χ1) is 11.4. The summed E-state index contributed by atoms with van der Waals surface area (Å²) in [6, 6.07) is 10.4. The van der Waals surface area contributed by atoms with Crippen LogP contribution in [0.5, 0.6) is 0 Å². The number of hydrogen-bond donors (Lipinski definition) is 1. The summed E-state index contributed by atoms with van der Waals surface area (Å²) >= 11 is 5.91. The van der Waals surface area contributed by atoms with Crippen LogP contribution in [0.25, 0.3) is 0 Å². The highest BCUT2D eigenvalue weighted by atomic mass is 35.5. The molecule has 0 saturated heterocycles. The molecule has 7 nitrogen and oxygen atoms in total. The predicted octanol–water partition coefficient (Wildman–Crippen LogP) is 2.96. The number of nitrogens with one attached hydrogen (secondary N) is 1. The molecule has 0 aliphatic rings. The van der Waals surface area contributed by atoms with Crippen LogP contribution in [0.3, 0.4) is 0 Å². The van der Waals surface area contributed by atoms with Gasteiger partial charge in [0.1, 0.15) is 5.56 Å². The standard InChI is InChI=1S/C16H13ClN2O5/c1-24-16(21)11-7-5-10(6-8-11)9-18-15(20)14-12(17)3-2-4-13(14)19(22)23/h2-8H,9H2,1H3,(H,18,20). The van der Waals surface area contributed by atoms with E-state index >= 15 is 0 Å². The number of carbonyl (C=O) groups is 2. The lowest BCUT2D eigenvalue weighted by atomic mass is 10.1. The van der Waals surface area contributed by atoms with Gasteiger partial charge in [0, 0.05) is 12.6 Å². The van der Waals surface area contributed by atoms with Crippen molar-refractivity contribution in [2.75, 3.05) is 7.11 Å². The van der Waals surface area contributed by atoms with Gasteiger partial charge in [0.05, 0.1) is 22.6 Å². The second-order valence-corrected chi connectivity index (χ2v) is 5.17. The second kappa shape index (κ2) is 7.56. The van der Waals surface area contributed by atoms with Crippen LogP contribution in [0, 0.1) is 10.1 Å². The minimum absolute atomic E-state index is 0.00254. The van der Waals surface area contributed by atoms with Gasteiger partial charge >= 0.3 is 5.97 Å². The highest BCUT2D eigenvalue weighted by Crippen LogP contribution is 2.26. The number of nitro groups is 1. The first-order valence-electron chi connectivity index (χ1n) is 6.82. The van der Waals surface area contributed by atoms with Crippen molar-refractivity contribution in [3.63, 3.8) is 0 Å². The van der Waals surface area contributed by atoms with Crippen LogP contribution in [0.1, 0.15) is 26.3 Å². The number of benzene rings is 2. The maximum Gasteiger partial charge on any atom is 0.337 e. The van der Waals surface area contributed by atoms with Gasteiger partial charge < -0.3 is 10.1 Å². The molecule has 1 N–H and O–H groups in total. The SMILES string of the molecule is COC(=O)c1ccc(CNC(=O)c2c(Cl)cccc2[N+](=O)[O-])cc1. The number of hydrogen-bond acceptors (Lipinski definition) is 5. The molecule has 2 aromatic rings. The topological polar surface area (TPSA) is 98.5 Å². The van der Waals surface area contributed by atoms with E-state index in [9.17, 15) is 19.7 Å². The number of methoxy groups -OCH3 is 1.